The molecule has 334 valence electrons. The summed E-state index contributed by atoms with van der Waals surface area (Å²) in [4.78, 5) is 5.38. The highest BCUT2D eigenvalue weighted by Gasteiger charge is 2.55. The predicted octanol–water partition coefficient (Wildman–Crippen LogP) is 5.67. The molecule has 6 heteroatoms. The zero-order valence-corrected chi connectivity index (χ0v) is 41.6. The first-order chi connectivity index (χ1) is 35.8. The van der Waals surface area contributed by atoms with Crippen molar-refractivity contribution in [1.29, 1.82) is 0 Å². The van der Waals surface area contributed by atoms with Crippen LogP contribution in [0, 0.1) is 0 Å². The van der Waals surface area contributed by atoms with Gasteiger partial charge in [0, 0.05) is 34.1 Å². The molecular formula is C66H46B2N2Si2. The number of fused-ring (bicyclic) bond motifs is 8. The highest BCUT2D eigenvalue weighted by Crippen LogP contribution is 2.45. The van der Waals surface area contributed by atoms with Crippen molar-refractivity contribution in [2.24, 2.45) is 0 Å². The molecular weight excluding hydrogens is 899 g/mol. The molecule has 2 nitrogen and oxygen atoms in total. The van der Waals surface area contributed by atoms with Crippen LogP contribution in [0.1, 0.15) is 0 Å². The average molecular weight is 945 g/mol. The fraction of sp³-hybridized carbons (Fsp3) is 0. The Morgan fingerprint density at radius 1 is 0.236 bits per heavy atom. The number of rotatable bonds is 6. The first-order valence-corrected chi connectivity index (χ1v) is 29.3. The molecule has 0 aliphatic carbocycles. The summed E-state index contributed by atoms with van der Waals surface area (Å²) in [7, 11) is -5.82. The fourth-order valence-corrected chi connectivity index (χ4v) is 24.1. The van der Waals surface area contributed by atoms with Crippen molar-refractivity contribution >= 4 is 138 Å². The second-order valence-corrected chi connectivity index (χ2v) is 27.3. The molecule has 72 heavy (non-hydrogen) atoms. The van der Waals surface area contributed by atoms with E-state index >= 15 is 0 Å². The number of nitrogens with zero attached hydrogens (tertiary/aromatic N) is 2. The van der Waals surface area contributed by atoms with Gasteiger partial charge in [0.2, 0.25) is 13.4 Å². The summed E-state index contributed by atoms with van der Waals surface area (Å²) in [5.74, 6) is 0. The van der Waals surface area contributed by atoms with Crippen LogP contribution in [-0.2, 0) is 0 Å². The standard InChI is InChI=1S/C66H46B2N2Si2/c1-7-25-47(26-8-1)67-53-37-23-43-63-65(53)69(57-39-19-21-41-61(57)71(63,49-29-11-3-12-30-49)50-31-13-4-14-32-50)59-46-60-56(45-55(59)67)68(48-27-9-2-10-28-48)54-38-24-44-64-66(54)70(60)58-40-20-22-42-62(58)72(64,51-33-15-5-16-34-51)52-35-17-6-18-36-52/h1-46H. The monoisotopic (exact) mass is 944 g/mol. The fourth-order valence-electron chi connectivity index (χ4n) is 13.8. The lowest BCUT2D eigenvalue weighted by Crippen LogP contribution is -2.79. The van der Waals surface area contributed by atoms with Crippen molar-refractivity contribution in [3.63, 3.8) is 0 Å². The Morgan fingerprint density at radius 3 is 0.903 bits per heavy atom. The van der Waals surface area contributed by atoms with Gasteiger partial charge in [0.15, 0.2) is 16.1 Å². The van der Waals surface area contributed by atoms with E-state index in [2.05, 4.69) is 289 Å². The Labute approximate surface area is 424 Å². The molecule has 4 aliphatic heterocycles. The molecule has 0 unspecified atom stereocenters. The largest absolute Gasteiger partial charge is 0.312 e. The van der Waals surface area contributed by atoms with Gasteiger partial charge in [-0.3, -0.25) is 0 Å². The third-order valence-corrected chi connectivity index (χ3v) is 26.2. The Kier molecular flexibility index (Phi) is 9.23. The highest BCUT2D eigenvalue weighted by atomic mass is 28.3. The summed E-state index contributed by atoms with van der Waals surface area (Å²) in [6.07, 6.45) is 0. The molecule has 4 heterocycles. The van der Waals surface area contributed by atoms with E-state index < -0.39 is 16.1 Å². The van der Waals surface area contributed by atoms with Gasteiger partial charge in [0.05, 0.1) is 0 Å². The molecule has 0 spiro atoms. The Hall–Kier alpha value is -8.42. The van der Waals surface area contributed by atoms with E-state index in [1.54, 1.807) is 0 Å². The first-order valence-electron chi connectivity index (χ1n) is 25.3. The maximum atomic E-state index is 2.69. The zero-order valence-electron chi connectivity index (χ0n) is 39.6. The van der Waals surface area contributed by atoms with Crippen LogP contribution in [0.25, 0.3) is 0 Å². The normalized spacial score (nSPS) is 14.8. The lowest BCUT2D eigenvalue weighted by molar-refractivity contribution is 1.27. The van der Waals surface area contributed by atoms with Crippen LogP contribution >= 0.6 is 0 Å². The van der Waals surface area contributed by atoms with Crippen molar-refractivity contribution in [2.45, 2.75) is 0 Å². The molecule has 4 aliphatic rings. The number of para-hydroxylation sites is 4. The van der Waals surface area contributed by atoms with E-state index in [0.717, 1.165) is 0 Å². The molecule has 11 aromatic rings. The molecule has 0 amide bonds. The van der Waals surface area contributed by atoms with Crippen LogP contribution in [-0.4, -0.2) is 29.6 Å². The molecule has 0 saturated carbocycles. The van der Waals surface area contributed by atoms with Gasteiger partial charge < -0.3 is 9.80 Å². The van der Waals surface area contributed by atoms with Crippen LogP contribution in [0.15, 0.2) is 279 Å². The quantitative estimate of drug-likeness (QED) is 0.199. The van der Waals surface area contributed by atoms with Gasteiger partial charge in [-0.1, -0.05) is 272 Å². The van der Waals surface area contributed by atoms with E-state index in [9.17, 15) is 0 Å². The number of hydrogen-bond acceptors (Lipinski definition) is 2. The van der Waals surface area contributed by atoms with Crippen LogP contribution < -0.4 is 84.1 Å². The van der Waals surface area contributed by atoms with E-state index in [1.165, 1.54) is 108 Å². The molecule has 0 fully saturated rings. The minimum Gasteiger partial charge on any atom is -0.312 e. The van der Waals surface area contributed by atoms with Gasteiger partial charge in [-0.2, -0.15) is 0 Å². The molecule has 0 radical (unpaired) electrons. The second-order valence-electron chi connectivity index (χ2n) is 19.8. The number of hydrogen-bond donors (Lipinski definition) is 0. The van der Waals surface area contributed by atoms with Crippen molar-refractivity contribution in [1.82, 2.24) is 0 Å². The Balaban J connectivity index is 1.08. The maximum Gasteiger partial charge on any atom is 0.246 e. The van der Waals surface area contributed by atoms with E-state index in [4.69, 9.17) is 0 Å². The summed E-state index contributed by atoms with van der Waals surface area (Å²) >= 11 is 0. The van der Waals surface area contributed by atoms with Crippen molar-refractivity contribution in [2.75, 3.05) is 9.80 Å². The van der Waals surface area contributed by atoms with Gasteiger partial charge in [0.25, 0.3) is 0 Å². The molecule has 0 aromatic heterocycles. The van der Waals surface area contributed by atoms with Crippen molar-refractivity contribution < 1.29 is 0 Å². The zero-order chi connectivity index (χ0) is 47.4. The maximum absolute atomic E-state index is 2.91. The average Bonchev–Trinajstić information content (AvgIpc) is 3.47. The predicted molar refractivity (Wildman–Crippen MR) is 312 cm³/mol. The summed E-state index contributed by atoms with van der Waals surface area (Å²) < 4.78 is 0. The molecule has 15 rings (SSSR count). The molecule has 0 bridgehead atoms. The summed E-state index contributed by atoms with van der Waals surface area (Å²) in [5, 5.41) is 11.3. The minimum atomic E-state index is -2.91. The molecule has 11 aromatic carbocycles. The summed E-state index contributed by atoms with van der Waals surface area (Å²) in [6.45, 7) is -0.0366. The van der Waals surface area contributed by atoms with Gasteiger partial charge in [0.1, 0.15) is 0 Å². The minimum absolute atomic E-state index is 0.0183. The third-order valence-electron chi connectivity index (χ3n) is 16.5. The summed E-state index contributed by atoms with van der Waals surface area (Å²) in [6, 6.07) is 107. The van der Waals surface area contributed by atoms with Gasteiger partial charge >= 0.3 is 0 Å². The summed E-state index contributed by atoms with van der Waals surface area (Å²) in [5.41, 5.74) is 15.6. The molecule has 0 atom stereocenters. The van der Waals surface area contributed by atoms with Crippen LogP contribution in [0.3, 0.4) is 0 Å². The van der Waals surface area contributed by atoms with E-state index in [1.807, 2.05) is 0 Å². The number of benzene rings is 11. The van der Waals surface area contributed by atoms with Crippen LogP contribution in [0.5, 0.6) is 0 Å². The Bertz CT molecular complexity index is 3560. The van der Waals surface area contributed by atoms with Crippen molar-refractivity contribution in [3.05, 3.63) is 279 Å². The smallest absolute Gasteiger partial charge is 0.246 e. The number of anilines is 6. The molecule has 0 saturated heterocycles. The first kappa shape index (κ1) is 41.4. The van der Waals surface area contributed by atoms with Gasteiger partial charge in [-0.25, -0.2) is 0 Å². The Morgan fingerprint density at radius 2 is 0.542 bits per heavy atom. The lowest BCUT2D eigenvalue weighted by Gasteiger charge is -2.51. The van der Waals surface area contributed by atoms with Crippen LogP contribution in [0.4, 0.5) is 34.1 Å². The highest BCUT2D eigenvalue weighted by molar-refractivity contribution is 7.23. The third kappa shape index (κ3) is 5.56. The van der Waals surface area contributed by atoms with Gasteiger partial charge in [-0.15, -0.1) is 0 Å². The SMILES string of the molecule is c1ccc(B2c3cc4c(cc3N3c5ccccc5[Si](c5ccccc5)(c5ccccc5)c5cccc2c53)N2c3ccccc3[Si](c3ccccc3)(c3ccccc3)c3cccc(c32)B4c2ccccc2)cc1. The lowest BCUT2D eigenvalue weighted by atomic mass is 9.31. The van der Waals surface area contributed by atoms with Gasteiger partial charge in [-0.05, 0) is 81.5 Å². The second kappa shape index (κ2) is 16.1. The van der Waals surface area contributed by atoms with Crippen LogP contribution in [0.2, 0.25) is 0 Å². The van der Waals surface area contributed by atoms with E-state index in [-0.39, 0.29) is 13.4 Å². The van der Waals surface area contributed by atoms with Crippen molar-refractivity contribution in [3.8, 4) is 0 Å². The molecule has 0 N–H and O–H groups in total. The topological polar surface area (TPSA) is 6.48 Å². The van der Waals surface area contributed by atoms with E-state index in [0.29, 0.717) is 0 Å².